The number of ether oxygens (including phenoxy) is 2. The van der Waals surface area contributed by atoms with Gasteiger partial charge in [-0.3, -0.25) is 0 Å². The number of nitrogens with one attached hydrogen (secondary N) is 1. The zero-order chi connectivity index (χ0) is 15.1. The number of urea groups is 1. The van der Waals surface area contributed by atoms with Crippen LogP contribution in [-0.4, -0.2) is 55.2 Å². The molecule has 1 aromatic rings. The van der Waals surface area contributed by atoms with Gasteiger partial charge >= 0.3 is 12.0 Å². The molecule has 1 aromatic carbocycles. The van der Waals surface area contributed by atoms with E-state index >= 15 is 0 Å². The second kappa shape index (κ2) is 7.78. The minimum absolute atomic E-state index is 0.111. The fourth-order valence-corrected chi connectivity index (χ4v) is 2.74. The highest BCUT2D eigenvalue weighted by atomic mass is 32.2. The molecule has 1 N–H and O–H groups in total. The van der Waals surface area contributed by atoms with E-state index in [9.17, 15) is 9.59 Å². The van der Waals surface area contributed by atoms with Gasteiger partial charge < -0.3 is 19.7 Å². The highest BCUT2D eigenvalue weighted by Crippen LogP contribution is 2.18. The van der Waals surface area contributed by atoms with E-state index in [2.05, 4.69) is 10.1 Å². The molecule has 1 heterocycles. The molecular formula is C14H18N2O4S. The number of hydrogen-bond donors (Lipinski definition) is 1. The summed E-state index contributed by atoms with van der Waals surface area (Å²) in [6.07, 6.45) is 0. The van der Waals surface area contributed by atoms with Gasteiger partial charge in [-0.05, 0) is 12.1 Å². The number of rotatable bonds is 4. The average molecular weight is 310 g/mol. The molecule has 1 fully saturated rings. The third-order valence-corrected chi connectivity index (χ3v) is 3.91. The van der Waals surface area contributed by atoms with Crippen LogP contribution in [0, 0.1) is 0 Å². The van der Waals surface area contributed by atoms with Gasteiger partial charge in [0.15, 0.2) is 6.61 Å². The summed E-state index contributed by atoms with van der Waals surface area (Å²) < 4.78 is 9.79. The molecule has 0 bridgehead atoms. The Bertz CT molecular complexity index is 504. The van der Waals surface area contributed by atoms with Crippen molar-refractivity contribution >= 4 is 29.4 Å². The summed E-state index contributed by atoms with van der Waals surface area (Å²) in [4.78, 5) is 24.9. The van der Waals surface area contributed by atoms with Crippen LogP contribution in [0.2, 0.25) is 0 Å². The molecule has 1 saturated heterocycles. The minimum atomic E-state index is -0.449. The number of carbonyl (C=O) groups is 2. The predicted octanol–water partition coefficient (Wildman–Crippen LogP) is 1.82. The van der Waals surface area contributed by atoms with Crippen molar-refractivity contribution in [2.24, 2.45) is 0 Å². The van der Waals surface area contributed by atoms with E-state index in [1.165, 1.54) is 7.11 Å². The summed E-state index contributed by atoms with van der Waals surface area (Å²) in [5, 5.41) is 2.84. The maximum Gasteiger partial charge on any atom is 0.343 e. The maximum atomic E-state index is 12.1. The van der Waals surface area contributed by atoms with Crippen molar-refractivity contribution in [3.8, 4) is 5.75 Å². The van der Waals surface area contributed by atoms with Crippen LogP contribution in [0.15, 0.2) is 24.3 Å². The van der Waals surface area contributed by atoms with Crippen molar-refractivity contribution in [1.82, 2.24) is 4.90 Å². The van der Waals surface area contributed by atoms with E-state index in [0.29, 0.717) is 11.4 Å². The second-order valence-electron chi connectivity index (χ2n) is 4.42. The Hall–Kier alpha value is -1.89. The zero-order valence-corrected chi connectivity index (χ0v) is 12.6. The van der Waals surface area contributed by atoms with E-state index in [1.807, 2.05) is 11.8 Å². The Kier molecular flexibility index (Phi) is 5.74. The van der Waals surface area contributed by atoms with Crippen LogP contribution in [0.25, 0.3) is 0 Å². The molecule has 0 radical (unpaired) electrons. The molecule has 114 valence electrons. The van der Waals surface area contributed by atoms with Crippen LogP contribution in [0.3, 0.4) is 0 Å². The highest BCUT2D eigenvalue weighted by Gasteiger charge is 2.16. The van der Waals surface area contributed by atoms with Gasteiger partial charge in [-0.2, -0.15) is 11.8 Å². The largest absolute Gasteiger partial charge is 0.482 e. The molecule has 1 aliphatic rings. The molecule has 6 nitrogen and oxygen atoms in total. The summed E-state index contributed by atoms with van der Waals surface area (Å²) in [7, 11) is 1.30. The molecule has 1 aliphatic heterocycles. The van der Waals surface area contributed by atoms with Gasteiger partial charge in [-0.15, -0.1) is 0 Å². The Morgan fingerprint density at radius 1 is 1.33 bits per heavy atom. The minimum Gasteiger partial charge on any atom is -0.482 e. The lowest BCUT2D eigenvalue weighted by Gasteiger charge is -2.26. The Morgan fingerprint density at radius 2 is 2.10 bits per heavy atom. The first-order chi connectivity index (χ1) is 10.2. The van der Waals surface area contributed by atoms with Crippen molar-refractivity contribution < 1.29 is 19.1 Å². The van der Waals surface area contributed by atoms with Crippen molar-refractivity contribution in [3.05, 3.63) is 24.3 Å². The Morgan fingerprint density at radius 3 is 2.81 bits per heavy atom. The van der Waals surface area contributed by atoms with Gasteiger partial charge in [-0.1, -0.05) is 6.07 Å². The van der Waals surface area contributed by atoms with Gasteiger partial charge in [0.2, 0.25) is 0 Å². The van der Waals surface area contributed by atoms with Crippen molar-refractivity contribution in [2.75, 3.05) is 43.6 Å². The molecule has 0 saturated carbocycles. The second-order valence-corrected chi connectivity index (χ2v) is 5.65. The first-order valence-corrected chi connectivity index (χ1v) is 7.78. The standard InChI is InChI=1S/C14H18N2O4S/c1-19-13(17)10-20-12-4-2-3-11(9-12)15-14(18)16-5-7-21-8-6-16/h2-4,9H,5-8,10H2,1H3,(H,15,18). The molecule has 2 rings (SSSR count). The van der Waals surface area contributed by atoms with E-state index in [1.54, 1.807) is 29.2 Å². The number of thioether (sulfide) groups is 1. The number of carbonyl (C=O) groups excluding carboxylic acids is 2. The smallest absolute Gasteiger partial charge is 0.343 e. The number of hydrogen-bond acceptors (Lipinski definition) is 5. The number of methoxy groups -OCH3 is 1. The van der Waals surface area contributed by atoms with E-state index in [-0.39, 0.29) is 12.6 Å². The monoisotopic (exact) mass is 310 g/mol. The summed E-state index contributed by atoms with van der Waals surface area (Å²) in [5.74, 6) is 1.99. The van der Waals surface area contributed by atoms with Crippen LogP contribution >= 0.6 is 11.8 Å². The maximum absolute atomic E-state index is 12.1. The SMILES string of the molecule is COC(=O)COc1cccc(NC(=O)N2CCSCC2)c1. The number of nitrogens with zero attached hydrogens (tertiary/aromatic N) is 1. The lowest BCUT2D eigenvalue weighted by Crippen LogP contribution is -2.40. The van der Waals surface area contributed by atoms with Gasteiger partial charge in [0.1, 0.15) is 5.75 Å². The van der Waals surface area contributed by atoms with Crippen molar-refractivity contribution in [1.29, 1.82) is 0 Å². The van der Waals surface area contributed by atoms with Crippen LogP contribution in [-0.2, 0) is 9.53 Å². The summed E-state index contributed by atoms with van der Waals surface area (Å²) in [5.41, 5.74) is 0.639. The lowest BCUT2D eigenvalue weighted by atomic mass is 10.3. The molecular weight excluding hydrogens is 292 g/mol. The quantitative estimate of drug-likeness (QED) is 0.859. The Balaban J connectivity index is 1.90. The van der Waals surface area contributed by atoms with Crippen LogP contribution in [0.1, 0.15) is 0 Å². The Labute approximate surface area is 127 Å². The third kappa shape index (κ3) is 4.86. The van der Waals surface area contributed by atoms with E-state index < -0.39 is 5.97 Å². The fraction of sp³-hybridized carbons (Fsp3) is 0.429. The van der Waals surface area contributed by atoms with Crippen LogP contribution < -0.4 is 10.1 Å². The topological polar surface area (TPSA) is 67.9 Å². The van der Waals surface area contributed by atoms with Gasteiger partial charge in [0, 0.05) is 36.3 Å². The van der Waals surface area contributed by atoms with Crippen molar-refractivity contribution in [3.63, 3.8) is 0 Å². The fourth-order valence-electron chi connectivity index (χ4n) is 1.83. The molecule has 7 heteroatoms. The van der Waals surface area contributed by atoms with Crippen molar-refractivity contribution in [2.45, 2.75) is 0 Å². The predicted molar refractivity (Wildman–Crippen MR) is 81.9 cm³/mol. The van der Waals surface area contributed by atoms with Gasteiger partial charge in [0.25, 0.3) is 0 Å². The average Bonchev–Trinajstić information content (AvgIpc) is 2.53. The van der Waals surface area contributed by atoms with E-state index in [0.717, 1.165) is 24.6 Å². The molecule has 0 atom stereocenters. The molecule has 0 spiro atoms. The normalized spacial score (nSPS) is 14.4. The number of esters is 1. The number of amides is 2. The zero-order valence-electron chi connectivity index (χ0n) is 11.8. The number of benzene rings is 1. The third-order valence-electron chi connectivity index (χ3n) is 2.97. The number of anilines is 1. The van der Waals surface area contributed by atoms with Gasteiger partial charge in [-0.25, -0.2) is 9.59 Å². The molecule has 0 aromatic heterocycles. The molecule has 21 heavy (non-hydrogen) atoms. The summed E-state index contributed by atoms with van der Waals surface area (Å²) in [6.45, 7) is 1.36. The molecule has 2 amide bonds. The van der Waals surface area contributed by atoms with Gasteiger partial charge in [0.05, 0.1) is 7.11 Å². The summed E-state index contributed by atoms with van der Waals surface area (Å²) >= 11 is 1.85. The first-order valence-electron chi connectivity index (χ1n) is 6.62. The lowest BCUT2D eigenvalue weighted by molar-refractivity contribution is -0.142. The van der Waals surface area contributed by atoms with Crippen LogP contribution in [0.5, 0.6) is 5.75 Å². The van der Waals surface area contributed by atoms with Crippen LogP contribution in [0.4, 0.5) is 10.5 Å². The highest BCUT2D eigenvalue weighted by molar-refractivity contribution is 7.99. The molecule has 0 unspecified atom stereocenters. The summed E-state index contributed by atoms with van der Waals surface area (Å²) in [6, 6.07) is 6.83. The van der Waals surface area contributed by atoms with E-state index in [4.69, 9.17) is 4.74 Å². The first kappa shape index (κ1) is 15.5. The molecule has 0 aliphatic carbocycles.